The molecule has 0 aromatic heterocycles. The molecule has 8 heteroatoms. The molecule has 0 amide bonds. The Morgan fingerprint density at radius 2 is 0.812 bits per heavy atom. The molecule has 2 rings (SSSR count). The molecule has 0 fully saturated rings. The van der Waals surface area contributed by atoms with E-state index in [0.29, 0.717) is 0 Å². The zero-order valence-electron chi connectivity index (χ0n) is 7.65. The van der Waals surface area contributed by atoms with Gasteiger partial charge >= 0.3 is 23.9 Å². The lowest BCUT2D eigenvalue weighted by Gasteiger charge is -1.80. The van der Waals surface area contributed by atoms with E-state index in [2.05, 4.69) is 9.47 Å². The molecule has 0 aromatic rings. The van der Waals surface area contributed by atoms with E-state index in [0.717, 1.165) is 24.3 Å². The first-order valence-electron chi connectivity index (χ1n) is 3.65. The van der Waals surface area contributed by atoms with Crippen LogP contribution in [0.25, 0.3) is 0 Å². The van der Waals surface area contributed by atoms with Gasteiger partial charge in [0.05, 0.1) is 0 Å². The van der Waals surface area contributed by atoms with Crippen molar-refractivity contribution < 1.29 is 39.2 Å². The zero-order valence-corrected chi connectivity index (χ0v) is 7.65. The summed E-state index contributed by atoms with van der Waals surface area (Å²) in [6, 6.07) is 0. The molecule has 0 unspecified atom stereocenters. The highest BCUT2D eigenvalue weighted by Crippen LogP contribution is 1.93. The molecule has 2 N–H and O–H groups in total. The molecule has 0 bridgehead atoms. The van der Waals surface area contributed by atoms with Crippen LogP contribution in [0, 0.1) is 0 Å². The van der Waals surface area contributed by atoms with Gasteiger partial charge in [-0.15, -0.1) is 0 Å². The van der Waals surface area contributed by atoms with Crippen molar-refractivity contribution in [2.24, 2.45) is 0 Å². The van der Waals surface area contributed by atoms with E-state index in [4.69, 9.17) is 10.5 Å². The van der Waals surface area contributed by atoms with Gasteiger partial charge in [-0.3, -0.25) is 10.5 Å². The maximum atomic E-state index is 9.92. The predicted octanol–water partition coefficient (Wildman–Crippen LogP) is -0.731. The average Bonchev–Trinajstić information content (AvgIpc) is 2.80. The topological polar surface area (TPSA) is 127 Å². The number of carbonyl (C=O) groups is 4. The van der Waals surface area contributed by atoms with Gasteiger partial charge in [0.25, 0.3) is 0 Å². The second-order valence-corrected chi connectivity index (χ2v) is 2.15. The average molecular weight is 230 g/mol. The Bertz CT molecular complexity index is 296. The number of rotatable bonds is 0. The quantitative estimate of drug-likeness (QED) is 0.241. The first kappa shape index (κ1) is 13.7. The van der Waals surface area contributed by atoms with Crippen molar-refractivity contribution in [3.8, 4) is 0 Å². The number of hydrogen-bond donors (Lipinski definition) is 2. The highest BCUT2D eigenvalue weighted by Gasteiger charge is 2.10. The molecule has 0 radical (unpaired) electrons. The van der Waals surface area contributed by atoms with Crippen LogP contribution in [0.2, 0.25) is 0 Å². The van der Waals surface area contributed by atoms with E-state index in [1.165, 1.54) is 0 Å². The standard InChI is InChI=1S/2C4H2O3.H2O2/c2*5-3-1-2-4(6)7-3;1-2/h2*1-2H;1-2H. The second-order valence-electron chi connectivity index (χ2n) is 2.15. The molecule has 2 aliphatic heterocycles. The third kappa shape index (κ3) is 5.42. The Labute approximate surface area is 88.3 Å². The summed E-state index contributed by atoms with van der Waals surface area (Å²) in [4.78, 5) is 39.7. The molecule has 2 aliphatic rings. The summed E-state index contributed by atoms with van der Waals surface area (Å²) in [5.41, 5.74) is 0. The van der Waals surface area contributed by atoms with Crippen molar-refractivity contribution in [3.05, 3.63) is 24.3 Å². The molecule has 0 spiro atoms. The van der Waals surface area contributed by atoms with Gasteiger partial charge in [-0.2, -0.15) is 0 Å². The van der Waals surface area contributed by atoms with Crippen LogP contribution < -0.4 is 0 Å². The molecular weight excluding hydrogens is 224 g/mol. The summed E-state index contributed by atoms with van der Waals surface area (Å²) in [6.45, 7) is 0. The number of carbonyl (C=O) groups excluding carboxylic acids is 4. The Hall–Kier alpha value is -2.32. The van der Waals surface area contributed by atoms with Crippen LogP contribution in [0.15, 0.2) is 24.3 Å². The van der Waals surface area contributed by atoms with Gasteiger partial charge in [-0.1, -0.05) is 0 Å². The van der Waals surface area contributed by atoms with Crippen LogP contribution >= 0.6 is 0 Å². The molecular formula is C8H6O8. The fraction of sp³-hybridized carbons (Fsp3) is 0. The van der Waals surface area contributed by atoms with Crippen LogP contribution in [0.1, 0.15) is 0 Å². The molecule has 8 nitrogen and oxygen atoms in total. The van der Waals surface area contributed by atoms with Gasteiger partial charge in [0.2, 0.25) is 0 Å². The molecule has 2 heterocycles. The fourth-order valence-corrected chi connectivity index (χ4v) is 0.607. The first-order valence-corrected chi connectivity index (χ1v) is 3.65. The summed E-state index contributed by atoms with van der Waals surface area (Å²) >= 11 is 0. The van der Waals surface area contributed by atoms with Crippen LogP contribution in [0.3, 0.4) is 0 Å². The summed E-state index contributed by atoms with van der Waals surface area (Å²) in [7, 11) is 0. The summed E-state index contributed by atoms with van der Waals surface area (Å²) < 4.78 is 7.94. The van der Waals surface area contributed by atoms with Crippen LogP contribution in [-0.4, -0.2) is 34.4 Å². The lowest BCUT2D eigenvalue weighted by Crippen LogP contribution is -1.96. The third-order valence-corrected chi connectivity index (χ3v) is 1.11. The number of esters is 4. The van der Waals surface area contributed by atoms with Crippen molar-refractivity contribution in [3.63, 3.8) is 0 Å². The Morgan fingerprint density at radius 3 is 0.875 bits per heavy atom. The van der Waals surface area contributed by atoms with Crippen molar-refractivity contribution in [1.29, 1.82) is 0 Å². The molecule has 0 saturated heterocycles. The van der Waals surface area contributed by atoms with Gasteiger partial charge in [-0.05, 0) is 0 Å². The van der Waals surface area contributed by atoms with Gasteiger partial charge in [0, 0.05) is 24.3 Å². The molecule has 16 heavy (non-hydrogen) atoms. The lowest BCUT2D eigenvalue weighted by molar-refractivity contribution is -0.176. The smallest absolute Gasteiger partial charge is 0.338 e. The molecule has 0 aromatic carbocycles. The molecule has 0 saturated carbocycles. The monoisotopic (exact) mass is 230 g/mol. The van der Waals surface area contributed by atoms with Gasteiger partial charge < -0.3 is 9.47 Å². The summed E-state index contributed by atoms with van der Waals surface area (Å²) in [6.07, 6.45) is 4.34. The van der Waals surface area contributed by atoms with Gasteiger partial charge in [0.15, 0.2) is 0 Å². The van der Waals surface area contributed by atoms with E-state index < -0.39 is 23.9 Å². The van der Waals surface area contributed by atoms with E-state index in [1.807, 2.05) is 0 Å². The predicted molar refractivity (Wildman–Crippen MR) is 45.7 cm³/mol. The minimum Gasteiger partial charge on any atom is -0.387 e. The van der Waals surface area contributed by atoms with Crippen LogP contribution in [-0.2, 0) is 28.7 Å². The Balaban J connectivity index is 0.000000244. The Kier molecular flexibility index (Phi) is 6.02. The minimum absolute atomic E-state index is 0.579. The molecule has 86 valence electrons. The van der Waals surface area contributed by atoms with Crippen molar-refractivity contribution in [2.75, 3.05) is 0 Å². The van der Waals surface area contributed by atoms with Crippen LogP contribution in [0.5, 0.6) is 0 Å². The zero-order chi connectivity index (χ0) is 12.6. The highest BCUT2D eigenvalue weighted by molar-refractivity contribution is 6.05. The first-order chi connectivity index (χ1) is 7.58. The fourth-order valence-electron chi connectivity index (χ4n) is 0.607. The normalized spacial score (nSPS) is 15.9. The van der Waals surface area contributed by atoms with Crippen molar-refractivity contribution in [2.45, 2.75) is 0 Å². The van der Waals surface area contributed by atoms with Crippen molar-refractivity contribution >= 4 is 23.9 Å². The Morgan fingerprint density at radius 1 is 0.625 bits per heavy atom. The maximum Gasteiger partial charge on any atom is 0.338 e. The van der Waals surface area contributed by atoms with E-state index >= 15 is 0 Å². The van der Waals surface area contributed by atoms with Gasteiger partial charge in [-0.25, -0.2) is 19.2 Å². The van der Waals surface area contributed by atoms with E-state index in [9.17, 15) is 19.2 Å². The number of ether oxygens (including phenoxy) is 2. The number of hydrogen-bond acceptors (Lipinski definition) is 8. The van der Waals surface area contributed by atoms with Crippen molar-refractivity contribution in [1.82, 2.24) is 0 Å². The van der Waals surface area contributed by atoms with Gasteiger partial charge in [0.1, 0.15) is 0 Å². The summed E-state index contributed by atoms with van der Waals surface area (Å²) in [5.74, 6) is -2.31. The highest BCUT2D eigenvalue weighted by atomic mass is 17.0. The second kappa shape index (κ2) is 7.04. The summed E-state index contributed by atoms with van der Waals surface area (Å²) in [5, 5.41) is 12.0. The van der Waals surface area contributed by atoms with Crippen LogP contribution in [0.4, 0.5) is 0 Å². The third-order valence-electron chi connectivity index (χ3n) is 1.11. The minimum atomic E-state index is -0.579. The molecule has 0 aliphatic carbocycles. The maximum absolute atomic E-state index is 9.92. The lowest BCUT2D eigenvalue weighted by atomic mass is 10.6. The largest absolute Gasteiger partial charge is 0.387 e. The molecule has 0 atom stereocenters. The van der Waals surface area contributed by atoms with E-state index in [-0.39, 0.29) is 0 Å². The van der Waals surface area contributed by atoms with E-state index in [1.54, 1.807) is 0 Å². The SMILES string of the molecule is O=C1C=CC(=O)O1.O=C1C=CC(=O)O1.OO. The number of cyclic esters (lactones) is 4.